The van der Waals surface area contributed by atoms with E-state index >= 15 is 0 Å². The van der Waals surface area contributed by atoms with Crippen LogP contribution in [-0.4, -0.2) is 28.4 Å². The van der Waals surface area contributed by atoms with E-state index < -0.39 is 0 Å². The molecule has 7 heteroatoms. The number of fused-ring (bicyclic) bond motifs is 1. The fourth-order valence-corrected chi connectivity index (χ4v) is 3.05. The minimum atomic E-state index is -0.316. The van der Waals surface area contributed by atoms with Crippen LogP contribution in [0.3, 0.4) is 0 Å². The van der Waals surface area contributed by atoms with E-state index in [2.05, 4.69) is 15.3 Å². The SMILES string of the molecule is Cc1nc2ccccc2nc1COC(=O)CCCNC(=O)c1ccsc1. The van der Waals surface area contributed by atoms with Crippen molar-refractivity contribution in [1.82, 2.24) is 15.3 Å². The number of benzene rings is 1. The Morgan fingerprint density at radius 3 is 2.65 bits per heavy atom. The molecular weight excluding hydrogens is 350 g/mol. The molecule has 1 amide bonds. The van der Waals surface area contributed by atoms with E-state index in [0.717, 1.165) is 16.7 Å². The topological polar surface area (TPSA) is 81.2 Å². The number of ether oxygens (including phenoxy) is 1. The van der Waals surface area contributed by atoms with Crippen LogP contribution in [0.25, 0.3) is 11.0 Å². The van der Waals surface area contributed by atoms with Crippen molar-refractivity contribution in [2.45, 2.75) is 26.4 Å². The number of nitrogens with one attached hydrogen (secondary N) is 1. The van der Waals surface area contributed by atoms with E-state index in [1.54, 1.807) is 11.4 Å². The van der Waals surface area contributed by atoms with Gasteiger partial charge >= 0.3 is 5.97 Å². The molecule has 3 aromatic rings. The van der Waals surface area contributed by atoms with Gasteiger partial charge in [0.05, 0.1) is 22.4 Å². The molecule has 6 nitrogen and oxygen atoms in total. The van der Waals surface area contributed by atoms with Gasteiger partial charge < -0.3 is 10.1 Å². The molecule has 0 bridgehead atoms. The lowest BCUT2D eigenvalue weighted by Crippen LogP contribution is -2.24. The van der Waals surface area contributed by atoms with Gasteiger partial charge in [0, 0.05) is 23.9 Å². The van der Waals surface area contributed by atoms with Gasteiger partial charge in [-0.05, 0) is 36.9 Å². The van der Waals surface area contributed by atoms with Crippen molar-refractivity contribution >= 4 is 34.2 Å². The molecule has 0 unspecified atom stereocenters. The van der Waals surface area contributed by atoms with Crippen LogP contribution in [0.15, 0.2) is 41.1 Å². The molecule has 2 heterocycles. The minimum Gasteiger partial charge on any atom is -0.459 e. The van der Waals surface area contributed by atoms with E-state index in [4.69, 9.17) is 4.74 Å². The van der Waals surface area contributed by atoms with Crippen LogP contribution < -0.4 is 5.32 Å². The smallest absolute Gasteiger partial charge is 0.306 e. The van der Waals surface area contributed by atoms with Crippen LogP contribution in [0.1, 0.15) is 34.6 Å². The van der Waals surface area contributed by atoms with E-state index in [1.807, 2.05) is 36.6 Å². The van der Waals surface area contributed by atoms with Crippen LogP contribution in [0.5, 0.6) is 0 Å². The van der Waals surface area contributed by atoms with E-state index in [9.17, 15) is 9.59 Å². The second-order valence-electron chi connectivity index (χ2n) is 5.78. The summed E-state index contributed by atoms with van der Waals surface area (Å²) in [4.78, 5) is 32.6. The van der Waals surface area contributed by atoms with Gasteiger partial charge in [0.25, 0.3) is 5.91 Å². The molecule has 3 rings (SSSR count). The Labute approximate surface area is 155 Å². The Kier molecular flexibility index (Phi) is 5.91. The van der Waals surface area contributed by atoms with E-state index in [1.165, 1.54) is 11.3 Å². The normalized spacial score (nSPS) is 10.7. The predicted octanol–water partition coefficient (Wildman–Crippen LogP) is 3.25. The van der Waals surface area contributed by atoms with E-state index in [0.29, 0.717) is 24.2 Å². The van der Waals surface area contributed by atoms with Gasteiger partial charge in [-0.3, -0.25) is 9.59 Å². The molecule has 0 aliphatic rings. The Hall–Kier alpha value is -2.80. The molecule has 0 aliphatic heterocycles. The number of para-hydroxylation sites is 2. The zero-order chi connectivity index (χ0) is 18.4. The Morgan fingerprint density at radius 1 is 1.15 bits per heavy atom. The Morgan fingerprint density at radius 2 is 1.92 bits per heavy atom. The number of hydrogen-bond acceptors (Lipinski definition) is 6. The van der Waals surface area contributed by atoms with Gasteiger partial charge in [-0.15, -0.1) is 0 Å². The molecule has 1 N–H and O–H groups in total. The molecule has 0 fully saturated rings. The molecule has 0 saturated heterocycles. The average Bonchev–Trinajstić information content (AvgIpc) is 3.18. The summed E-state index contributed by atoms with van der Waals surface area (Å²) in [5, 5.41) is 6.42. The largest absolute Gasteiger partial charge is 0.459 e. The van der Waals surface area contributed by atoms with Crippen molar-refractivity contribution in [3.8, 4) is 0 Å². The summed E-state index contributed by atoms with van der Waals surface area (Å²) in [6.45, 7) is 2.38. The first kappa shape index (κ1) is 18.0. The van der Waals surface area contributed by atoms with Crippen LogP contribution in [0.4, 0.5) is 0 Å². The summed E-state index contributed by atoms with van der Waals surface area (Å²) in [5.41, 5.74) is 3.65. The third-order valence-electron chi connectivity index (χ3n) is 3.84. The highest BCUT2D eigenvalue weighted by atomic mass is 32.1. The second-order valence-corrected chi connectivity index (χ2v) is 6.56. The highest BCUT2D eigenvalue weighted by Gasteiger charge is 2.10. The van der Waals surface area contributed by atoms with Crippen molar-refractivity contribution in [3.05, 3.63) is 58.0 Å². The van der Waals surface area contributed by atoms with Crippen LogP contribution in [-0.2, 0) is 16.1 Å². The van der Waals surface area contributed by atoms with Gasteiger partial charge in [0.15, 0.2) is 0 Å². The summed E-state index contributed by atoms with van der Waals surface area (Å²) in [7, 11) is 0. The van der Waals surface area contributed by atoms with Crippen LogP contribution in [0.2, 0.25) is 0 Å². The monoisotopic (exact) mass is 369 g/mol. The van der Waals surface area contributed by atoms with Crippen molar-refractivity contribution in [3.63, 3.8) is 0 Å². The number of aromatic nitrogens is 2. The number of thiophene rings is 1. The summed E-state index contributed by atoms with van der Waals surface area (Å²) in [6.07, 6.45) is 0.765. The number of hydrogen-bond donors (Lipinski definition) is 1. The number of nitrogens with zero attached hydrogens (tertiary/aromatic N) is 2. The van der Waals surface area contributed by atoms with Crippen LogP contribution in [0, 0.1) is 6.92 Å². The van der Waals surface area contributed by atoms with Crippen LogP contribution >= 0.6 is 11.3 Å². The number of carbonyl (C=O) groups excluding carboxylic acids is 2. The predicted molar refractivity (Wildman–Crippen MR) is 100.0 cm³/mol. The lowest BCUT2D eigenvalue weighted by molar-refractivity contribution is -0.145. The highest BCUT2D eigenvalue weighted by molar-refractivity contribution is 7.08. The fraction of sp³-hybridized carbons (Fsp3) is 0.263. The summed E-state index contributed by atoms with van der Waals surface area (Å²) < 4.78 is 5.28. The zero-order valence-electron chi connectivity index (χ0n) is 14.4. The van der Waals surface area contributed by atoms with Gasteiger partial charge in [-0.25, -0.2) is 9.97 Å². The summed E-state index contributed by atoms with van der Waals surface area (Å²) in [5.74, 6) is -0.439. The molecular formula is C19H19N3O3S. The number of carbonyl (C=O) groups is 2. The van der Waals surface area contributed by atoms with Crippen molar-refractivity contribution in [2.24, 2.45) is 0 Å². The first-order valence-corrected chi connectivity index (χ1v) is 9.26. The Bertz CT molecular complexity index is 910. The maximum atomic E-state index is 11.9. The number of rotatable bonds is 7. The summed E-state index contributed by atoms with van der Waals surface area (Å²) >= 11 is 1.47. The molecule has 0 aliphatic carbocycles. The van der Waals surface area contributed by atoms with Crippen molar-refractivity contribution < 1.29 is 14.3 Å². The number of esters is 1. The third-order valence-corrected chi connectivity index (χ3v) is 4.52. The number of aryl methyl sites for hydroxylation is 1. The van der Waals surface area contributed by atoms with Crippen molar-refractivity contribution in [2.75, 3.05) is 6.54 Å². The van der Waals surface area contributed by atoms with Gasteiger partial charge in [0.1, 0.15) is 6.61 Å². The van der Waals surface area contributed by atoms with Gasteiger partial charge in [0.2, 0.25) is 0 Å². The molecule has 0 saturated carbocycles. The molecule has 0 atom stereocenters. The first-order chi connectivity index (χ1) is 12.6. The average molecular weight is 369 g/mol. The van der Waals surface area contributed by atoms with E-state index in [-0.39, 0.29) is 24.9 Å². The van der Waals surface area contributed by atoms with Gasteiger partial charge in [-0.1, -0.05) is 12.1 Å². The molecule has 1 aromatic carbocycles. The maximum Gasteiger partial charge on any atom is 0.306 e. The highest BCUT2D eigenvalue weighted by Crippen LogP contribution is 2.13. The lowest BCUT2D eigenvalue weighted by atomic mass is 10.2. The number of amides is 1. The molecule has 2 aromatic heterocycles. The Balaban J connectivity index is 1.43. The second kappa shape index (κ2) is 8.53. The molecule has 26 heavy (non-hydrogen) atoms. The maximum absolute atomic E-state index is 11.9. The zero-order valence-corrected chi connectivity index (χ0v) is 15.2. The van der Waals surface area contributed by atoms with Crippen molar-refractivity contribution in [1.29, 1.82) is 0 Å². The molecule has 0 spiro atoms. The first-order valence-electron chi connectivity index (χ1n) is 8.32. The lowest BCUT2D eigenvalue weighted by Gasteiger charge is -2.08. The molecule has 0 radical (unpaired) electrons. The quantitative estimate of drug-likeness (QED) is 0.511. The molecule has 134 valence electrons. The standard InChI is InChI=1S/C19H19N3O3S/c1-13-17(22-16-6-3-2-5-15(16)21-13)11-25-18(23)7-4-9-20-19(24)14-8-10-26-12-14/h2-3,5-6,8,10,12H,4,7,9,11H2,1H3,(H,20,24). The third kappa shape index (κ3) is 4.64. The fourth-order valence-electron chi connectivity index (χ4n) is 2.41. The van der Waals surface area contributed by atoms with Gasteiger partial charge in [-0.2, -0.15) is 11.3 Å². The minimum absolute atomic E-state index is 0.101. The summed E-state index contributed by atoms with van der Waals surface area (Å²) in [6, 6.07) is 9.35.